The summed E-state index contributed by atoms with van der Waals surface area (Å²) in [5.41, 5.74) is -0.194. The molecule has 2 atom stereocenters. The number of nitrogens with zero attached hydrogens (tertiary/aromatic N) is 1. The maximum atomic E-state index is 12.4. The van der Waals surface area contributed by atoms with E-state index < -0.39 is 0 Å². The molecule has 0 aromatic heterocycles. The van der Waals surface area contributed by atoms with E-state index in [0.29, 0.717) is 11.8 Å². The van der Waals surface area contributed by atoms with Gasteiger partial charge in [-0.05, 0) is 13.3 Å². The summed E-state index contributed by atoms with van der Waals surface area (Å²) in [6.07, 6.45) is 0.909. The molecule has 0 aromatic rings. The summed E-state index contributed by atoms with van der Waals surface area (Å²) >= 11 is 0. The first kappa shape index (κ1) is 17.9. The quantitative estimate of drug-likeness (QED) is 0.774. The van der Waals surface area contributed by atoms with Crippen molar-refractivity contribution in [2.24, 2.45) is 11.3 Å². The van der Waals surface area contributed by atoms with Crippen LogP contribution < -0.4 is 0 Å². The molecule has 0 N–H and O–H groups in total. The summed E-state index contributed by atoms with van der Waals surface area (Å²) in [5.74, 6) is 0.488. The highest BCUT2D eigenvalue weighted by Gasteiger charge is 2.34. The van der Waals surface area contributed by atoms with Crippen LogP contribution in [0, 0.1) is 11.3 Å². The van der Waals surface area contributed by atoms with Crippen LogP contribution in [0.15, 0.2) is 0 Å². The van der Waals surface area contributed by atoms with E-state index in [1.54, 1.807) is 0 Å². The van der Waals surface area contributed by atoms with Crippen LogP contribution in [0.5, 0.6) is 0 Å². The second-order valence-electron chi connectivity index (χ2n) is 5.78. The first-order valence-electron chi connectivity index (χ1n) is 6.76. The number of Topliss-reactive ketones (excluding diaryl/α,β-unsaturated/α-hetero) is 1. The van der Waals surface area contributed by atoms with Gasteiger partial charge in [-0.1, -0.05) is 27.7 Å². The van der Waals surface area contributed by atoms with Crippen molar-refractivity contribution in [3.05, 3.63) is 0 Å². The van der Waals surface area contributed by atoms with Crippen molar-refractivity contribution in [1.29, 1.82) is 0 Å². The molecule has 0 spiro atoms. The molecule has 3 nitrogen and oxygen atoms in total. The summed E-state index contributed by atoms with van der Waals surface area (Å²) in [7, 11) is 0. The first-order chi connectivity index (χ1) is 7.90. The predicted molar refractivity (Wildman–Crippen MR) is 77.3 cm³/mol. The van der Waals surface area contributed by atoms with Crippen LogP contribution in [0.25, 0.3) is 0 Å². The number of carbonyl (C=O) groups excluding carboxylic acids is 1. The molecular formula is C14H28ClNO2. The third-order valence-corrected chi connectivity index (χ3v) is 4.31. The van der Waals surface area contributed by atoms with Crippen molar-refractivity contribution in [2.45, 2.75) is 47.1 Å². The van der Waals surface area contributed by atoms with Gasteiger partial charge in [0.25, 0.3) is 0 Å². The monoisotopic (exact) mass is 277 g/mol. The van der Waals surface area contributed by atoms with Gasteiger partial charge in [-0.25, -0.2) is 0 Å². The molecular weight excluding hydrogens is 250 g/mol. The Labute approximate surface area is 118 Å². The highest BCUT2D eigenvalue weighted by atomic mass is 35.5. The minimum absolute atomic E-state index is 0. The maximum absolute atomic E-state index is 12.4. The van der Waals surface area contributed by atoms with Crippen molar-refractivity contribution < 1.29 is 9.53 Å². The largest absolute Gasteiger partial charge is 0.379 e. The molecule has 108 valence electrons. The Hall–Kier alpha value is -0.120. The Kier molecular flexibility index (Phi) is 7.41. The predicted octanol–water partition coefficient (Wildman–Crippen LogP) is 2.77. The molecule has 0 aliphatic carbocycles. The van der Waals surface area contributed by atoms with Crippen LogP contribution in [0.4, 0.5) is 0 Å². The van der Waals surface area contributed by atoms with E-state index in [9.17, 15) is 4.79 Å². The fraction of sp³-hybridized carbons (Fsp3) is 0.929. The highest BCUT2D eigenvalue weighted by molar-refractivity contribution is 5.86. The van der Waals surface area contributed by atoms with Gasteiger partial charge in [-0.15, -0.1) is 12.4 Å². The normalized spacial score (nSPS) is 20.9. The summed E-state index contributed by atoms with van der Waals surface area (Å²) in [6.45, 7) is 13.9. The van der Waals surface area contributed by atoms with Crippen LogP contribution in [-0.4, -0.2) is 43.0 Å². The van der Waals surface area contributed by atoms with Crippen molar-refractivity contribution in [3.8, 4) is 0 Å². The molecule has 0 saturated carbocycles. The van der Waals surface area contributed by atoms with Crippen LogP contribution in [0.3, 0.4) is 0 Å². The Morgan fingerprint density at radius 3 is 2.22 bits per heavy atom. The molecule has 4 heteroatoms. The summed E-state index contributed by atoms with van der Waals surface area (Å²) in [4.78, 5) is 14.8. The van der Waals surface area contributed by atoms with Gasteiger partial charge in [0, 0.05) is 30.5 Å². The minimum atomic E-state index is -0.194. The Bertz CT molecular complexity index is 263. The van der Waals surface area contributed by atoms with Crippen LogP contribution >= 0.6 is 12.4 Å². The number of morpholine rings is 1. The van der Waals surface area contributed by atoms with Crippen LogP contribution in [0.1, 0.15) is 41.0 Å². The molecule has 0 bridgehead atoms. The first-order valence-corrected chi connectivity index (χ1v) is 6.76. The molecule has 0 amide bonds. The van der Waals surface area contributed by atoms with Gasteiger partial charge in [0.2, 0.25) is 0 Å². The molecule has 18 heavy (non-hydrogen) atoms. The lowest BCUT2D eigenvalue weighted by Gasteiger charge is -2.37. The second-order valence-corrected chi connectivity index (χ2v) is 5.78. The average Bonchev–Trinajstić information content (AvgIpc) is 2.37. The fourth-order valence-corrected chi connectivity index (χ4v) is 2.31. The van der Waals surface area contributed by atoms with Crippen LogP contribution in [-0.2, 0) is 9.53 Å². The van der Waals surface area contributed by atoms with Crippen molar-refractivity contribution >= 4 is 18.2 Å². The van der Waals surface area contributed by atoms with E-state index in [1.165, 1.54) is 0 Å². The summed E-state index contributed by atoms with van der Waals surface area (Å²) in [6, 6.07) is 0.317. The smallest absolute Gasteiger partial charge is 0.142 e. The molecule has 1 aliphatic rings. The van der Waals surface area contributed by atoms with Gasteiger partial charge < -0.3 is 4.74 Å². The molecule has 2 unspecified atom stereocenters. The maximum Gasteiger partial charge on any atom is 0.142 e. The number of ketones is 1. The number of ether oxygens (including phenoxy) is 1. The van der Waals surface area contributed by atoms with Crippen molar-refractivity contribution in [2.75, 3.05) is 26.3 Å². The van der Waals surface area contributed by atoms with Crippen LogP contribution in [0.2, 0.25) is 0 Å². The molecule has 1 heterocycles. The van der Waals surface area contributed by atoms with Crippen molar-refractivity contribution in [1.82, 2.24) is 4.90 Å². The number of halogens is 1. The zero-order chi connectivity index (χ0) is 13.1. The lowest BCUT2D eigenvalue weighted by atomic mass is 9.77. The van der Waals surface area contributed by atoms with Gasteiger partial charge in [-0.2, -0.15) is 0 Å². The third-order valence-electron chi connectivity index (χ3n) is 4.31. The summed E-state index contributed by atoms with van der Waals surface area (Å²) in [5, 5.41) is 0. The zero-order valence-electron chi connectivity index (χ0n) is 12.4. The van der Waals surface area contributed by atoms with Gasteiger partial charge >= 0.3 is 0 Å². The topological polar surface area (TPSA) is 29.5 Å². The van der Waals surface area contributed by atoms with Gasteiger partial charge in [0.05, 0.1) is 13.2 Å². The lowest BCUT2D eigenvalue weighted by molar-refractivity contribution is -0.133. The van der Waals surface area contributed by atoms with Crippen molar-refractivity contribution in [3.63, 3.8) is 0 Å². The number of hydrogen-bond donors (Lipinski definition) is 0. The van der Waals surface area contributed by atoms with E-state index in [0.717, 1.165) is 32.7 Å². The van der Waals surface area contributed by atoms with E-state index >= 15 is 0 Å². The fourth-order valence-electron chi connectivity index (χ4n) is 2.31. The van der Waals surface area contributed by atoms with Gasteiger partial charge in [0.1, 0.15) is 5.78 Å². The van der Waals surface area contributed by atoms with E-state index in [4.69, 9.17) is 4.74 Å². The second kappa shape index (κ2) is 7.46. The number of carbonyl (C=O) groups is 1. The molecule has 1 saturated heterocycles. The van der Waals surface area contributed by atoms with E-state index in [2.05, 4.69) is 39.5 Å². The van der Waals surface area contributed by atoms with Gasteiger partial charge in [-0.3, -0.25) is 9.69 Å². The number of rotatable bonds is 5. The van der Waals surface area contributed by atoms with E-state index in [-0.39, 0.29) is 23.7 Å². The number of hydrogen-bond acceptors (Lipinski definition) is 3. The highest BCUT2D eigenvalue weighted by Crippen LogP contribution is 2.28. The Morgan fingerprint density at radius 1 is 1.28 bits per heavy atom. The summed E-state index contributed by atoms with van der Waals surface area (Å²) < 4.78 is 5.35. The Balaban J connectivity index is 0.00000289. The molecule has 1 aliphatic heterocycles. The molecule has 1 rings (SSSR count). The zero-order valence-corrected chi connectivity index (χ0v) is 13.2. The van der Waals surface area contributed by atoms with Gasteiger partial charge in [0.15, 0.2) is 0 Å². The SMILES string of the molecule is CCC(C)(C)C(=O)C(C)C(C)N1CCOCC1.Cl. The average molecular weight is 278 g/mol. The minimum Gasteiger partial charge on any atom is -0.379 e. The standard InChI is InChI=1S/C14H27NO2.ClH/c1-6-14(4,5)13(16)11(2)12(3)15-7-9-17-10-8-15;/h11-12H,6-10H2,1-5H3;1H. The molecule has 1 fully saturated rings. The Morgan fingerprint density at radius 2 is 1.78 bits per heavy atom. The molecule has 0 aromatic carbocycles. The molecule has 0 radical (unpaired) electrons. The lowest BCUT2D eigenvalue weighted by Crippen LogP contribution is -2.48. The van der Waals surface area contributed by atoms with E-state index in [1.807, 2.05) is 0 Å². The third kappa shape index (κ3) is 4.22.